The molecule has 1 heterocycles. The molecule has 0 unspecified atom stereocenters. The second-order valence-electron chi connectivity index (χ2n) is 5.39. The molecule has 0 aliphatic carbocycles. The first-order valence-corrected chi connectivity index (χ1v) is 8.75. The van der Waals surface area contributed by atoms with Crippen LogP contribution in [0.5, 0.6) is 0 Å². The fourth-order valence-electron chi connectivity index (χ4n) is 2.56. The first-order valence-electron chi connectivity index (χ1n) is 7.31. The molecular weight excluding hydrogens is 290 g/mol. The molecule has 1 aromatic carbocycles. The molecule has 1 saturated heterocycles. The summed E-state index contributed by atoms with van der Waals surface area (Å²) in [4.78, 5) is 10.9. The molecule has 1 aliphatic heterocycles. The summed E-state index contributed by atoms with van der Waals surface area (Å²) in [6.45, 7) is 1.14. The molecule has 0 saturated carbocycles. The number of carboxylic acid groups (broad SMARTS) is 1. The monoisotopic (exact) mass is 311 g/mol. The van der Waals surface area contributed by atoms with E-state index in [9.17, 15) is 13.2 Å². The summed E-state index contributed by atoms with van der Waals surface area (Å²) in [5.41, 5.74) is 0.606. The van der Waals surface area contributed by atoms with E-state index in [0.29, 0.717) is 18.7 Å². The minimum Gasteiger partial charge on any atom is -0.481 e. The lowest BCUT2D eigenvalue weighted by atomic mass is 10.1. The smallest absolute Gasteiger partial charge is 0.307 e. The number of aliphatic carboxylic acids is 1. The molecule has 1 N–H and O–H groups in total. The first-order chi connectivity index (χ1) is 10.00. The van der Waals surface area contributed by atoms with Gasteiger partial charge in [0.05, 0.1) is 11.3 Å². The van der Waals surface area contributed by atoms with E-state index in [1.54, 1.807) is 16.4 Å². The van der Waals surface area contributed by atoms with Crippen LogP contribution >= 0.6 is 0 Å². The second-order valence-corrected chi connectivity index (χ2v) is 7.32. The quantitative estimate of drug-likeness (QED) is 0.925. The summed E-state index contributed by atoms with van der Waals surface area (Å²) >= 11 is 0. The number of hydrogen-bond acceptors (Lipinski definition) is 3. The topological polar surface area (TPSA) is 74.7 Å². The molecule has 116 valence electrons. The van der Waals surface area contributed by atoms with Gasteiger partial charge in [-0.3, -0.25) is 4.79 Å². The van der Waals surface area contributed by atoms with E-state index >= 15 is 0 Å². The molecule has 1 fully saturated rings. The molecule has 0 aromatic heterocycles. The molecule has 1 aromatic rings. The van der Waals surface area contributed by atoms with Gasteiger partial charge in [0.15, 0.2) is 0 Å². The predicted octanol–water partition coefficient (Wildman–Crippen LogP) is 2.27. The van der Waals surface area contributed by atoms with Crippen molar-refractivity contribution in [2.75, 3.05) is 13.1 Å². The van der Waals surface area contributed by atoms with Gasteiger partial charge in [-0.15, -0.1) is 0 Å². The van der Waals surface area contributed by atoms with Crippen molar-refractivity contribution in [3.63, 3.8) is 0 Å². The van der Waals surface area contributed by atoms with E-state index < -0.39 is 16.0 Å². The van der Waals surface area contributed by atoms with Gasteiger partial charge in [0.25, 0.3) is 0 Å². The van der Waals surface area contributed by atoms with Crippen LogP contribution in [0.3, 0.4) is 0 Å². The fourth-order valence-corrected chi connectivity index (χ4v) is 4.08. The van der Waals surface area contributed by atoms with Gasteiger partial charge in [0, 0.05) is 13.1 Å². The third-order valence-corrected chi connectivity index (χ3v) is 5.64. The van der Waals surface area contributed by atoms with E-state index in [1.807, 2.05) is 0 Å². The van der Waals surface area contributed by atoms with Crippen LogP contribution < -0.4 is 0 Å². The Morgan fingerprint density at radius 1 is 1.00 bits per heavy atom. The molecule has 1 aliphatic rings. The van der Waals surface area contributed by atoms with Crippen molar-refractivity contribution in [3.8, 4) is 0 Å². The van der Waals surface area contributed by atoms with Gasteiger partial charge in [0.2, 0.25) is 10.0 Å². The first kappa shape index (κ1) is 16.0. The molecule has 0 atom stereocenters. The van der Waals surface area contributed by atoms with Gasteiger partial charge in [-0.05, 0) is 30.5 Å². The zero-order valence-electron chi connectivity index (χ0n) is 12.0. The highest BCUT2D eigenvalue weighted by Gasteiger charge is 2.24. The third kappa shape index (κ3) is 4.28. The van der Waals surface area contributed by atoms with E-state index in [1.165, 1.54) is 18.6 Å². The van der Waals surface area contributed by atoms with Crippen LogP contribution in [0, 0.1) is 0 Å². The maximum absolute atomic E-state index is 12.6. The van der Waals surface area contributed by atoms with Gasteiger partial charge < -0.3 is 5.11 Å². The predicted molar refractivity (Wildman–Crippen MR) is 79.6 cm³/mol. The van der Waals surface area contributed by atoms with Crippen molar-refractivity contribution < 1.29 is 18.3 Å². The van der Waals surface area contributed by atoms with Gasteiger partial charge in [-0.2, -0.15) is 4.31 Å². The summed E-state index contributed by atoms with van der Waals surface area (Å²) < 4.78 is 26.7. The van der Waals surface area contributed by atoms with Crippen molar-refractivity contribution in [1.82, 2.24) is 4.31 Å². The Morgan fingerprint density at radius 2 is 1.52 bits per heavy atom. The minimum atomic E-state index is -3.46. The van der Waals surface area contributed by atoms with Crippen LogP contribution in [0.15, 0.2) is 29.2 Å². The normalized spacial score (nSPS) is 17.9. The summed E-state index contributed by atoms with van der Waals surface area (Å²) in [6.07, 6.45) is 5.03. The minimum absolute atomic E-state index is 0.0932. The SMILES string of the molecule is O=C(O)Cc1ccc(S(=O)(=O)N2CCCCCCC2)cc1. The highest BCUT2D eigenvalue weighted by atomic mass is 32.2. The molecule has 0 spiro atoms. The molecule has 0 amide bonds. The van der Waals surface area contributed by atoms with Crippen molar-refractivity contribution in [2.24, 2.45) is 0 Å². The molecule has 2 rings (SSSR count). The van der Waals surface area contributed by atoms with E-state index in [0.717, 1.165) is 25.7 Å². The van der Waals surface area contributed by atoms with Crippen LogP contribution in [0.4, 0.5) is 0 Å². The Kier molecular flexibility index (Phi) is 5.36. The largest absolute Gasteiger partial charge is 0.481 e. The van der Waals surface area contributed by atoms with E-state index in [4.69, 9.17) is 5.11 Å². The van der Waals surface area contributed by atoms with Crippen LogP contribution in [-0.4, -0.2) is 36.9 Å². The molecule has 5 nitrogen and oxygen atoms in total. The number of sulfonamides is 1. The fraction of sp³-hybridized carbons (Fsp3) is 0.533. The number of nitrogens with zero attached hydrogens (tertiary/aromatic N) is 1. The van der Waals surface area contributed by atoms with Crippen LogP contribution in [0.25, 0.3) is 0 Å². The Morgan fingerprint density at radius 3 is 2.05 bits per heavy atom. The molecule has 21 heavy (non-hydrogen) atoms. The lowest BCUT2D eigenvalue weighted by Gasteiger charge is -2.24. The third-order valence-electron chi connectivity index (χ3n) is 3.73. The molecular formula is C15H21NO4S. The Balaban J connectivity index is 2.15. The summed E-state index contributed by atoms with van der Waals surface area (Å²) in [5, 5.41) is 8.73. The van der Waals surface area contributed by atoms with Crippen molar-refractivity contribution in [2.45, 2.75) is 43.4 Å². The number of hydrogen-bond donors (Lipinski definition) is 1. The van der Waals surface area contributed by atoms with Crippen LogP contribution in [-0.2, 0) is 21.2 Å². The van der Waals surface area contributed by atoms with Crippen molar-refractivity contribution in [1.29, 1.82) is 0 Å². The van der Waals surface area contributed by atoms with Crippen molar-refractivity contribution >= 4 is 16.0 Å². The highest BCUT2D eigenvalue weighted by Crippen LogP contribution is 2.20. The molecule has 0 bridgehead atoms. The lowest BCUT2D eigenvalue weighted by Crippen LogP contribution is -2.33. The zero-order valence-corrected chi connectivity index (χ0v) is 12.8. The Bertz CT molecular complexity index is 572. The van der Waals surface area contributed by atoms with E-state index in [-0.39, 0.29) is 11.3 Å². The second kappa shape index (κ2) is 7.04. The summed E-state index contributed by atoms with van der Waals surface area (Å²) in [7, 11) is -3.46. The average Bonchev–Trinajstić information content (AvgIpc) is 2.37. The number of benzene rings is 1. The van der Waals surface area contributed by atoms with Crippen molar-refractivity contribution in [3.05, 3.63) is 29.8 Å². The van der Waals surface area contributed by atoms with Gasteiger partial charge in [-0.25, -0.2) is 8.42 Å². The highest BCUT2D eigenvalue weighted by molar-refractivity contribution is 7.89. The lowest BCUT2D eigenvalue weighted by molar-refractivity contribution is -0.136. The molecule has 6 heteroatoms. The Labute approximate surface area is 125 Å². The Hall–Kier alpha value is -1.40. The number of rotatable bonds is 4. The van der Waals surface area contributed by atoms with Gasteiger partial charge in [-0.1, -0.05) is 31.4 Å². The number of carbonyl (C=O) groups is 1. The standard InChI is InChI=1S/C15H21NO4S/c17-15(18)12-13-6-8-14(9-7-13)21(19,20)16-10-4-2-1-3-5-11-16/h6-9H,1-5,10-12H2,(H,17,18). The molecule has 0 radical (unpaired) electrons. The maximum atomic E-state index is 12.6. The number of carboxylic acids is 1. The zero-order chi connectivity index (χ0) is 15.3. The van der Waals surface area contributed by atoms with Gasteiger partial charge in [0.1, 0.15) is 0 Å². The summed E-state index contributed by atoms with van der Waals surface area (Å²) in [6, 6.07) is 6.16. The van der Waals surface area contributed by atoms with E-state index in [2.05, 4.69) is 0 Å². The summed E-state index contributed by atoms with van der Waals surface area (Å²) in [5.74, 6) is -0.922. The maximum Gasteiger partial charge on any atom is 0.307 e. The average molecular weight is 311 g/mol. The van der Waals surface area contributed by atoms with Crippen LogP contribution in [0.1, 0.15) is 37.7 Å². The van der Waals surface area contributed by atoms with Crippen LogP contribution in [0.2, 0.25) is 0 Å². The van der Waals surface area contributed by atoms with Gasteiger partial charge >= 0.3 is 5.97 Å².